The van der Waals surface area contributed by atoms with E-state index in [1.165, 1.54) is 0 Å². The Hall–Kier alpha value is -1.34. The zero-order chi connectivity index (χ0) is 9.56. The predicted molar refractivity (Wildman–Crippen MR) is 41.6 cm³/mol. The second kappa shape index (κ2) is 5.33. The summed E-state index contributed by atoms with van der Waals surface area (Å²) in [6.07, 6.45) is 0.178. The van der Waals surface area contributed by atoms with E-state index >= 15 is 0 Å². The fourth-order valence-corrected chi connectivity index (χ4v) is 0.483. The van der Waals surface area contributed by atoms with Crippen LogP contribution in [0.25, 0.3) is 0 Å². The number of carboxylic acids is 1. The van der Waals surface area contributed by atoms with Crippen LogP contribution in [0.3, 0.4) is 0 Å². The Bertz CT molecular complexity index is 182. The summed E-state index contributed by atoms with van der Waals surface area (Å²) in [7, 11) is 0. The Morgan fingerprint density at radius 1 is 1.67 bits per heavy atom. The standard InChI is InChI=1S/C5H12N4O3/c6-3(4(10)11)1-2-8-5(7)9-12/h3,12H,1-2,6H2,(H,10,11)(H3,7,8,9)/t3-/m1/s1. The van der Waals surface area contributed by atoms with E-state index in [1.54, 1.807) is 5.48 Å². The second-order valence-corrected chi connectivity index (χ2v) is 2.11. The fourth-order valence-electron chi connectivity index (χ4n) is 0.483. The average Bonchev–Trinajstić information content (AvgIpc) is 2.03. The van der Waals surface area contributed by atoms with E-state index in [0.717, 1.165) is 0 Å². The maximum absolute atomic E-state index is 10.2. The third-order valence-electron chi connectivity index (χ3n) is 1.15. The van der Waals surface area contributed by atoms with Crippen molar-refractivity contribution in [2.45, 2.75) is 12.5 Å². The van der Waals surface area contributed by atoms with Crippen molar-refractivity contribution in [3.63, 3.8) is 0 Å². The Morgan fingerprint density at radius 2 is 2.25 bits per heavy atom. The van der Waals surface area contributed by atoms with Crippen molar-refractivity contribution in [2.75, 3.05) is 6.54 Å². The zero-order valence-electron chi connectivity index (χ0n) is 6.40. The van der Waals surface area contributed by atoms with E-state index in [0.29, 0.717) is 0 Å². The van der Waals surface area contributed by atoms with Gasteiger partial charge in [-0.1, -0.05) is 0 Å². The number of carbonyl (C=O) groups is 1. The van der Waals surface area contributed by atoms with Crippen LogP contribution in [0.5, 0.6) is 0 Å². The lowest BCUT2D eigenvalue weighted by Gasteiger charge is -2.03. The molecule has 7 nitrogen and oxygen atoms in total. The number of guanidine groups is 1. The molecule has 0 aromatic rings. The first-order valence-electron chi connectivity index (χ1n) is 3.26. The van der Waals surface area contributed by atoms with Crippen LogP contribution < -0.4 is 16.9 Å². The highest BCUT2D eigenvalue weighted by Crippen LogP contribution is 1.88. The van der Waals surface area contributed by atoms with Gasteiger partial charge in [0.05, 0.1) is 0 Å². The first-order chi connectivity index (χ1) is 5.57. The van der Waals surface area contributed by atoms with Gasteiger partial charge >= 0.3 is 5.97 Å². The van der Waals surface area contributed by atoms with Crippen molar-refractivity contribution in [1.29, 1.82) is 0 Å². The molecule has 0 bridgehead atoms. The van der Waals surface area contributed by atoms with Gasteiger partial charge < -0.3 is 16.6 Å². The molecule has 0 aromatic heterocycles. The highest BCUT2D eigenvalue weighted by molar-refractivity contribution is 5.76. The number of hydrogen-bond donors (Lipinski definition) is 5. The van der Waals surface area contributed by atoms with Gasteiger partial charge in [0.25, 0.3) is 0 Å². The summed E-state index contributed by atoms with van der Waals surface area (Å²) >= 11 is 0. The van der Waals surface area contributed by atoms with Gasteiger partial charge in [-0.25, -0.2) is 5.48 Å². The number of nitrogens with one attached hydrogen (secondary N) is 1. The maximum Gasteiger partial charge on any atom is 0.320 e. The van der Waals surface area contributed by atoms with Crippen LogP contribution in [0.1, 0.15) is 6.42 Å². The molecule has 0 spiro atoms. The Kier molecular flexibility index (Phi) is 4.73. The highest BCUT2D eigenvalue weighted by Gasteiger charge is 2.09. The molecule has 0 amide bonds. The average molecular weight is 176 g/mol. The number of carboxylic acid groups (broad SMARTS) is 1. The van der Waals surface area contributed by atoms with E-state index in [1.807, 2.05) is 0 Å². The number of nitrogens with zero attached hydrogens (tertiary/aromatic N) is 1. The molecule has 70 valence electrons. The zero-order valence-corrected chi connectivity index (χ0v) is 6.40. The normalized spacial score (nSPS) is 14.0. The molecule has 0 saturated heterocycles. The van der Waals surface area contributed by atoms with E-state index in [9.17, 15) is 4.79 Å². The molecular weight excluding hydrogens is 164 g/mol. The molecule has 0 fully saturated rings. The van der Waals surface area contributed by atoms with Gasteiger partial charge in [0, 0.05) is 6.54 Å². The maximum atomic E-state index is 10.2. The minimum atomic E-state index is -1.08. The molecule has 1 atom stereocenters. The predicted octanol–water partition coefficient (Wildman–Crippen LogP) is -1.92. The molecule has 12 heavy (non-hydrogen) atoms. The smallest absolute Gasteiger partial charge is 0.320 e. The van der Waals surface area contributed by atoms with E-state index < -0.39 is 12.0 Å². The summed E-state index contributed by atoms with van der Waals surface area (Å²) in [5, 5.41) is 16.5. The van der Waals surface area contributed by atoms with Crippen LogP contribution in [0.2, 0.25) is 0 Å². The van der Waals surface area contributed by atoms with Crippen LogP contribution in [-0.4, -0.2) is 34.8 Å². The summed E-state index contributed by atoms with van der Waals surface area (Å²) in [6, 6.07) is -0.944. The van der Waals surface area contributed by atoms with E-state index in [2.05, 4.69) is 4.99 Å². The number of rotatable bonds is 4. The van der Waals surface area contributed by atoms with Gasteiger partial charge in [0.1, 0.15) is 6.04 Å². The van der Waals surface area contributed by atoms with Crippen molar-refractivity contribution in [2.24, 2.45) is 16.5 Å². The fraction of sp³-hybridized carbons (Fsp3) is 0.600. The Labute approximate surface area is 69.0 Å². The molecule has 0 aliphatic carbocycles. The quantitative estimate of drug-likeness (QED) is 0.192. The summed E-state index contributed by atoms with van der Waals surface area (Å²) in [5.41, 5.74) is 11.8. The van der Waals surface area contributed by atoms with Crippen LogP contribution >= 0.6 is 0 Å². The van der Waals surface area contributed by atoms with Crippen molar-refractivity contribution < 1.29 is 15.1 Å². The molecule has 7 heteroatoms. The molecule has 0 radical (unpaired) electrons. The van der Waals surface area contributed by atoms with Gasteiger partial charge in [-0.2, -0.15) is 0 Å². The summed E-state index contributed by atoms with van der Waals surface area (Å²) in [6.45, 7) is 0.160. The van der Waals surface area contributed by atoms with Gasteiger partial charge in [-0.15, -0.1) is 0 Å². The highest BCUT2D eigenvalue weighted by atomic mass is 16.5. The van der Waals surface area contributed by atoms with Crippen LogP contribution in [0.4, 0.5) is 0 Å². The third-order valence-corrected chi connectivity index (χ3v) is 1.15. The molecule has 0 rings (SSSR count). The lowest BCUT2D eigenvalue weighted by atomic mass is 10.2. The lowest BCUT2D eigenvalue weighted by Crippen LogP contribution is -2.32. The second-order valence-electron chi connectivity index (χ2n) is 2.11. The van der Waals surface area contributed by atoms with Crippen molar-refractivity contribution in [3.05, 3.63) is 0 Å². The summed E-state index contributed by atoms with van der Waals surface area (Å²) in [5.74, 6) is -1.24. The number of hydrogen-bond acceptors (Lipinski definition) is 4. The number of aliphatic imine (C=N–C) groups is 1. The van der Waals surface area contributed by atoms with Crippen LogP contribution in [-0.2, 0) is 4.79 Å². The minimum Gasteiger partial charge on any atom is -0.480 e. The summed E-state index contributed by atoms with van der Waals surface area (Å²) in [4.78, 5) is 13.7. The SMILES string of the molecule is NC(=NCC[C@@H](N)C(=O)O)NO. The first-order valence-corrected chi connectivity index (χ1v) is 3.26. The minimum absolute atomic E-state index is 0.160. The van der Waals surface area contributed by atoms with Crippen LogP contribution in [0, 0.1) is 0 Å². The molecule has 0 aromatic carbocycles. The van der Waals surface area contributed by atoms with Gasteiger partial charge in [0.15, 0.2) is 0 Å². The van der Waals surface area contributed by atoms with Crippen LogP contribution in [0.15, 0.2) is 4.99 Å². The van der Waals surface area contributed by atoms with Crippen molar-refractivity contribution in [3.8, 4) is 0 Å². The van der Waals surface area contributed by atoms with Gasteiger partial charge in [0.2, 0.25) is 5.96 Å². The van der Waals surface area contributed by atoms with E-state index in [-0.39, 0.29) is 18.9 Å². The molecule has 0 heterocycles. The van der Waals surface area contributed by atoms with Gasteiger partial charge in [-0.3, -0.25) is 15.0 Å². The molecule has 0 unspecified atom stereocenters. The molecule has 7 N–H and O–H groups in total. The monoisotopic (exact) mass is 176 g/mol. The van der Waals surface area contributed by atoms with E-state index in [4.69, 9.17) is 21.8 Å². The Balaban J connectivity index is 3.62. The summed E-state index contributed by atoms with van der Waals surface area (Å²) < 4.78 is 0. The Morgan fingerprint density at radius 3 is 2.67 bits per heavy atom. The third kappa shape index (κ3) is 4.47. The first kappa shape index (κ1) is 10.7. The molecular formula is C5H12N4O3. The largest absolute Gasteiger partial charge is 0.480 e. The lowest BCUT2D eigenvalue weighted by molar-refractivity contribution is -0.138. The number of nitrogens with two attached hydrogens (primary N) is 2. The number of hydroxylamine groups is 1. The molecule has 0 saturated carbocycles. The molecule has 0 aliphatic rings. The van der Waals surface area contributed by atoms with Crippen molar-refractivity contribution in [1.82, 2.24) is 5.48 Å². The topological polar surface area (TPSA) is 134 Å². The number of aliphatic carboxylic acids is 1. The molecule has 0 aliphatic heterocycles. The van der Waals surface area contributed by atoms with Crippen molar-refractivity contribution >= 4 is 11.9 Å². The van der Waals surface area contributed by atoms with Gasteiger partial charge in [-0.05, 0) is 6.42 Å².